The van der Waals surface area contributed by atoms with Crippen LogP contribution in [0.3, 0.4) is 0 Å². The van der Waals surface area contributed by atoms with Crippen LogP contribution in [0.4, 0.5) is 5.69 Å². The summed E-state index contributed by atoms with van der Waals surface area (Å²) in [6.45, 7) is 1.12. The van der Waals surface area contributed by atoms with Crippen LogP contribution in [-0.4, -0.2) is 43.7 Å². The molecule has 1 aliphatic heterocycles. The van der Waals surface area contributed by atoms with Gasteiger partial charge in [0.15, 0.2) is 0 Å². The van der Waals surface area contributed by atoms with Gasteiger partial charge in [0.2, 0.25) is 0 Å². The molecule has 2 heterocycles. The lowest BCUT2D eigenvalue weighted by atomic mass is 10.0. The Hall–Kier alpha value is -2.90. The number of amides is 1. The molecule has 1 aromatic heterocycles. The largest absolute Gasteiger partial charge is 0.507 e. The molecule has 2 aromatic rings. The smallest absolute Gasteiger partial charge is 0.273 e. The molecule has 1 unspecified atom stereocenters. The first-order chi connectivity index (χ1) is 11.0. The number of nitro groups is 1. The molecule has 1 amide bonds. The minimum absolute atomic E-state index is 0.0856. The van der Waals surface area contributed by atoms with Crippen LogP contribution in [0, 0.1) is 10.1 Å². The molecule has 8 nitrogen and oxygen atoms in total. The molecule has 1 atom stereocenters. The number of carbonyl (C=O) groups excluding carboxylic acids is 1. The number of benzene rings is 1. The first kappa shape index (κ1) is 15.0. The number of hydrogen-bond donors (Lipinski definition) is 1. The lowest BCUT2D eigenvalue weighted by Crippen LogP contribution is -2.28. The Morgan fingerprint density at radius 1 is 1.48 bits per heavy atom. The number of phenols is 1. The number of rotatable bonds is 3. The molecule has 0 saturated carbocycles. The zero-order valence-corrected chi connectivity index (χ0v) is 12.5. The van der Waals surface area contributed by atoms with Crippen molar-refractivity contribution in [3.05, 3.63) is 51.8 Å². The summed E-state index contributed by atoms with van der Waals surface area (Å²) in [5, 5.41) is 24.7. The third-order valence-electron chi connectivity index (χ3n) is 4.09. The number of hydrogen-bond acceptors (Lipinski definition) is 5. The van der Waals surface area contributed by atoms with E-state index >= 15 is 0 Å². The normalized spacial score (nSPS) is 17.4. The van der Waals surface area contributed by atoms with E-state index in [0.29, 0.717) is 13.1 Å². The van der Waals surface area contributed by atoms with Crippen LogP contribution >= 0.6 is 0 Å². The maximum absolute atomic E-state index is 12.5. The fraction of sp³-hybridized carbons (Fsp3) is 0.333. The van der Waals surface area contributed by atoms with Crippen LogP contribution in [0.2, 0.25) is 0 Å². The third-order valence-corrected chi connectivity index (χ3v) is 4.09. The molecule has 1 N–H and O–H groups in total. The lowest BCUT2D eigenvalue weighted by Gasteiger charge is -2.17. The second-order valence-corrected chi connectivity index (χ2v) is 5.64. The van der Waals surface area contributed by atoms with Gasteiger partial charge in [-0.05, 0) is 18.1 Å². The predicted molar refractivity (Wildman–Crippen MR) is 81.2 cm³/mol. The first-order valence-electron chi connectivity index (χ1n) is 7.21. The molecule has 1 saturated heterocycles. The first-order valence-corrected chi connectivity index (χ1v) is 7.21. The molecule has 0 bridgehead atoms. The average molecular weight is 316 g/mol. The third kappa shape index (κ3) is 2.87. The molecule has 1 aliphatic rings. The summed E-state index contributed by atoms with van der Waals surface area (Å²) >= 11 is 0. The quantitative estimate of drug-likeness (QED) is 0.685. The fourth-order valence-electron chi connectivity index (χ4n) is 2.85. The molecular weight excluding hydrogens is 300 g/mol. The van der Waals surface area contributed by atoms with Crippen LogP contribution < -0.4 is 0 Å². The molecule has 0 aliphatic carbocycles. The SMILES string of the molecule is Cn1cc(C2CCN(C(=O)c3ccc([N+](=O)[O-])cc3O)C2)cn1. The lowest BCUT2D eigenvalue weighted by molar-refractivity contribution is -0.384. The van der Waals surface area contributed by atoms with Gasteiger partial charge in [-0.25, -0.2) is 0 Å². The predicted octanol–water partition coefficient (Wildman–Crippen LogP) is 1.66. The van der Waals surface area contributed by atoms with Crippen molar-refractivity contribution in [1.82, 2.24) is 14.7 Å². The van der Waals surface area contributed by atoms with Crippen molar-refractivity contribution in [2.45, 2.75) is 12.3 Å². The van der Waals surface area contributed by atoms with Gasteiger partial charge < -0.3 is 10.0 Å². The van der Waals surface area contributed by atoms with Gasteiger partial charge in [0.1, 0.15) is 5.75 Å². The van der Waals surface area contributed by atoms with Gasteiger partial charge in [-0.15, -0.1) is 0 Å². The number of likely N-dealkylation sites (tertiary alicyclic amines) is 1. The number of phenolic OH excluding ortho intramolecular Hbond substituents is 1. The van der Waals surface area contributed by atoms with E-state index in [1.807, 2.05) is 13.2 Å². The van der Waals surface area contributed by atoms with Gasteiger partial charge in [-0.1, -0.05) is 0 Å². The second-order valence-electron chi connectivity index (χ2n) is 5.64. The average Bonchev–Trinajstić information content (AvgIpc) is 3.15. The highest BCUT2D eigenvalue weighted by Crippen LogP contribution is 2.30. The zero-order valence-electron chi connectivity index (χ0n) is 12.5. The number of aromatic hydroxyl groups is 1. The summed E-state index contributed by atoms with van der Waals surface area (Å²) in [6, 6.07) is 3.52. The Bertz CT molecular complexity index is 771. The molecule has 1 fully saturated rings. The molecule has 3 rings (SSSR count). The van der Waals surface area contributed by atoms with Crippen molar-refractivity contribution in [2.24, 2.45) is 7.05 Å². The highest BCUT2D eigenvalue weighted by molar-refractivity contribution is 5.97. The van der Waals surface area contributed by atoms with E-state index in [0.717, 1.165) is 18.1 Å². The topological polar surface area (TPSA) is 102 Å². The van der Waals surface area contributed by atoms with Crippen molar-refractivity contribution in [3.63, 3.8) is 0 Å². The van der Waals surface area contributed by atoms with Gasteiger partial charge in [0, 0.05) is 38.3 Å². The second kappa shape index (κ2) is 5.71. The van der Waals surface area contributed by atoms with E-state index in [4.69, 9.17) is 0 Å². The van der Waals surface area contributed by atoms with E-state index in [1.165, 1.54) is 12.1 Å². The molecule has 0 radical (unpaired) electrons. The zero-order chi connectivity index (χ0) is 16.6. The molecular formula is C15H16N4O4. The van der Waals surface area contributed by atoms with E-state index in [1.54, 1.807) is 15.8 Å². The highest BCUT2D eigenvalue weighted by atomic mass is 16.6. The van der Waals surface area contributed by atoms with Crippen molar-refractivity contribution >= 4 is 11.6 Å². The number of non-ortho nitro benzene ring substituents is 1. The number of aromatic nitrogens is 2. The summed E-state index contributed by atoms with van der Waals surface area (Å²) in [7, 11) is 1.84. The molecule has 1 aromatic carbocycles. The van der Waals surface area contributed by atoms with Crippen molar-refractivity contribution in [3.8, 4) is 5.75 Å². The van der Waals surface area contributed by atoms with Gasteiger partial charge in [0.25, 0.3) is 11.6 Å². The summed E-state index contributed by atoms with van der Waals surface area (Å²) in [5.41, 5.74) is 0.923. The Morgan fingerprint density at radius 2 is 2.26 bits per heavy atom. The standard InChI is InChI=1S/C15H16N4O4/c1-17-8-11(7-16-17)10-4-5-18(9-10)15(21)13-3-2-12(19(22)23)6-14(13)20/h2-3,6-8,10,20H,4-5,9H2,1H3. The number of aryl methyl sites for hydroxylation is 1. The van der Waals surface area contributed by atoms with Crippen molar-refractivity contribution < 1.29 is 14.8 Å². The Kier molecular flexibility index (Phi) is 3.73. The molecule has 23 heavy (non-hydrogen) atoms. The summed E-state index contributed by atoms with van der Waals surface area (Å²) < 4.78 is 1.72. The highest BCUT2D eigenvalue weighted by Gasteiger charge is 2.30. The summed E-state index contributed by atoms with van der Waals surface area (Å²) in [6.07, 6.45) is 4.55. The van der Waals surface area contributed by atoms with E-state index in [9.17, 15) is 20.0 Å². The minimum atomic E-state index is -0.609. The fourth-order valence-corrected chi connectivity index (χ4v) is 2.85. The molecule has 120 valence electrons. The van der Waals surface area contributed by atoms with Gasteiger partial charge in [-0.3, -0.25) is 19.6 Å². The van der Waals surface area contributed by atoms with Crippen molar-refractivity contribution in [1.29, 1.82) is 0 Å². The number of nitrogens with zero attached hydrogens (tertiary/aromatic N) is 4. The maximum atomic E-state index is 12.5. The summed E-state index contributed by atoms with van der Waals surface area (Å²) in [4.78, 5) is 24.2. The number of nitro benzene ring substituents is 1. The van der Waals surface area contributed by atoms with Crippen LogP contribution in [-0.2, 0) is 7.05 Å². The Morgan fingerprint density at radius 3 is 2.87 bits per heavy atom. The van der Waals surface area contributed by atoms with Crippen molar-refractivity contribution in [2.75, 3.05) is 13.1 Å². The Labute approximate surface area is 132 Å². The van der Waals surface area contributed by atoms with E-state index in [-0.39, 0.29) is 28.8 Å². The maximum Gasteiger partial charge on any atom is 0.273 e. The monoisotopic (exact) mass is 316 g/mol. The summed E-state index contributed by atoms with van der Waals surface area (Å²) in [5.74, 6) is -0.467. The molecule has 8 heteroatoms. The minimum Gasteiger partial charge on any atom is -0.507 e. The van der Waals surface area contributed by atoms with E-state index < -0.39 is 4.92 Å². The van der Waals surface area contributed by atoms with Gasteiger partial charge in [0.05, 0.1) is 22.7 Å². The number of carbonyl (C=O) groups is 1. The van der Waals surface area contributed by atoms with E-state index in [2.05, 4.69) is 5.10 Å². The molecule has 0 spiro atoms. The van der Waals surface area contributed by atoms with Crippen LogP contribution in [0.1, 0.15) is 28.3 Å². The Balaban J connectivity index is 1.75. The van der Waals surface area contributed by atoms with Gasteiger partial charge in [-0.2, -0.15) is 5.10 Å². The van der Waals surface area contributed by atoms with Crippen LogP contribution in [0.25, 0.3) is 0 Å². The van der Waals surface area contributed by atoms with Crippen LogP contribution in [0.5, 0.6) is 5.75 Å². The van der Waals surface area contributed by atoms with Gasteiger partial charge >= 0.3 is 0 Å². The van der Waals surface area contributed by atoms with Crippen LogP contribution in [0.15, 0.2) is 30.6 Å².